The van der Waals surface area contributed by atoms with Crippen molar-refractivity contribution in [1.82, 2.24) is 0 Å². The number of hydrogen-bond acceptors (Lipinski definition) is 3. The minimum atomic E-state index is -0.348. The number of benzene rings is 1. The number of carbonyl (C=O) groups is 1. The van der Waals surface area contributed by atoms with Gasteiger partial charge < -0.3 is 10.1 Å². The van der Waals surface area contributed by atoms with Crippen molar-refractivity contribution in [1.29, 1.82) is 5.26 Å². The predicted octanol–water partition coefficient (Wildman–Crippen LogP) is 1.67. The molecule has 1 rings (SSSR count). The van der Waals surface area contributed by atoms with Crippen molar-refractivity contribution >= 4 is 11.6 Å². The normalized spacial score (nSPS) is 8.50. The highest BCUT2D eigenvalue weighted by molar-refractivity contribution is 5.99. The number of ether oxygens (including phenoxy) is 1. The summed E-state index contributed by atoms with van der Waals surface area (Å²) in [5.41, 5.74) is 0.443. The fraction of sp³-hybridized carbons (Fsp3) is 0. The summed E-state index contributed by atoms with van der Waals surface area (Å²) in [6.45, 7) is 3.31. The molecule has 0 aliphatic carbocycles. The molecule has 0 fully saturated rings. The molecule has 14 heavy (non-hydrogen) atoms. The van der Waals surface area contributed by atoms with E-state index < -0.39 is 0 Å². The van der Waals surface area contributed by atoms with Gasteiger partial charge >= 0.3 is 0 Å². The minimum Gasteiger partial charge on any atom is -0.386 e. The number of carbonyl (C=O) groups excluding carboxylic acids is 1. The molecule has 0 spiro atoms. The lowest BCUT2D eigenvalue weighted by Gasteiger charge is -2.05. The topological polar surface area (TPSA) is 62.1 Å². The van der Waals surface area contributed by atoms with E-state index >= 15 is 0 Å². The van der Waals surface area contributed by atoms with Crippen molar-refractivity contribution < 1.29 is 9.53 Å². The summed E-state index contributed by atoms with van der Waals surface area (Å²) in [5.74, 6) is -0.0378. The number of amides is 1. The van der Waals surface area contributed by atoms with Crippen molar-refractivity contribution in [3.63, 3.8) is 0 Å². The third-order valence-corrected chi connectivity index (χ3v) is 1.49. The quantitative estimate of drug-likeness (QED) is 0.579. The summed E-state index contributed by atoms with van der Waals surface area (Å²) in [7, 11) is 0. The first-order valence-electron chi connectivity index (χ1n) is 3.86. The zero-order chi connectivity index (χ0) is 10.4. The largest absolute Gasteiger partial charge is 0.386 e. The molecule has 4 heteroatoms. The van der Waals surface area contributed by atoms with Gasteiger partial charge in [-0.25, -0.2) is 0 Å². The molecule has 1 aromatic carbocycles. The van der Waals surface area contributed by atoms with Crippen LogP contribution in [0, 0.1) is 11.5 Å². The summed E-state index contributed by atoms with van der Waals surface area (Å²) in [6.07, 6.45) is 2.68. The van der Waals surface area contributed by atoms with Crippen LogP contribution in [0.3, 0.4) is 0 Å². The Kier molecular flexibility index (Phi) is 3.27. The third-order valence-electron chi connectivity index (χ3n) is 1.49. The molecule has 1 N–H and O–H groups in total. The van der Waals surface area contributed by atoms with Crippen molar-refractivity contribution in [3.8, 4) is 12.0 Å². The van der Waals surface area contributed by atoms with Crippen molar-refractivity contribution in [2.24, 2.45) is 0 Å². The van der Waals surface area contributed by atoms with E-state index in [4.69, 9.17) is 5.26 Å². The lowest BCUT2D eigenvalue weighted by atomic mass is 10.3. The Labute approximate surface area is 81.4 Å². The van der Waals surface area contributed by atoms with Crippen molar-refractivity contribution in [2.75, 3.05) is 5.32 Å². The van der Waals surface area contributed by atoms with E-state index in [1.54, 1.807) is 24.3 Å². The van der Waals surface area contributed by atoms with Crippen molar-refractivity contribution in [3.05, 3.63) is 36.9 Å². The molecule has 0 unspecified atom stereocenters. The highest BCUT2D eigenvalue weighted by atomic mass is 16.5. The van der Waals surface area contributed by atoms with Gasteiger partial charge in [-0.2, -0.15) is 0 Å². The first-order chi connectivity index (χ1) is 6.77. The van der Waals surface area contributed by atoms with Crippen LogP contribution in [0.25, 0.3) is 0 Å². The molecule has 1 amide bonds. The lowest BCUT2D eigenvalue weighted by Crippen LogP contribution is -2.08. The zero-order valence-electron chi connectivity index (χ0n) is 7.36. The molecule has 0 aliphatic heterocycles. The van der Waals surface area contributed by atoms with Gasteiger partial charge in [0.1, 0.15) is 0 Å². The van der Waals surface area contributed by atoms with E-state index in [1.807, 2.05) is 0 Å². The molecule has 0 aromatic heterocycles. The van der Waals surface area contributed by atoms with Gasteiger partial charge in [0.2, 0.25) is 5.91 Å². The first-order valence-corrected chi connectivity index (χ1v) is 3.86. The summed E-state index contributed by atoms with van der Waals surface area (Å²) in [5, 5.41) is 10.8. The number of para-hydroxylation sites is 2. The Morgan fingerprint density at radius 3 is 2.93 bits per heavy atom. The number of nitrogens with zero attached hydrogens (tertiary/aromatic N) is 1. The van der Waals surface area contributed by atoms with Crippen LogP contribution in [0.2, 0.25) is 0 Å². The number of anilines is 1. The molecule has 0 heterocycles. The number of rotatable bonds is 3. The summed E-state index contributed by atoms with van der Waals surface area (Å²) in [6, 6.07) is 6.65. The fourth-order valence-corrected chi connectivity index (χ4v) is 0.892. The number of hydrogen-bond donors (Lipinski definition) is 1. The van der Waals surface area contributed by atoms with Crippen LogP contribution in [0.5, 0.6) is 5.75 Å². The van der Waals surface area contributed by atoms with Crippen LogP contribution in [-0.4, -0.2) is 5.91 Å². The maximum Gasteiger partial charge on any atom is 0.292 e. The van der Waals surface area contributed by atoms with E-state index in [1.165, 1.54) is 6.26 Å². The van der Waals surface area contributed by atoms with Crippen LogP contribution in [-0.2, 0) is 4.79 Å². The van der Waals surface area contributed by atoms with Crippen molar-refractivity contribution in [2.45, 2.75) is 0 Å². The van der Waals surface area contributed by atoms with Gasteiger partial charge in [-0.1, -0.05) is 18.7 Å². The molecule has 0 aliphatic rings. The monoisotopic (exact) mass is 188 g/mol. The average molecular weight is 188 g/mol. The number of nitriles is 1. The Bertz CT molecular complexity index is 393. The van der Waals surface area contributed by atoms with Gasteiger partial charge in [0.25, 0.3) is 6.26 Å². The lowest BCUT2D eigenvalue weighted by molar-refractivity contribution is -0.111. The number of nitrogens with one attached hydrogen (secondary N) is 1. The van der Waals surface area contributed by atoms with Gasteiger partial charge in [0, 0.05) is 0 Å². The third kappa shape index (κ3) is 2.35. The molecular weight excluding hydrogens is 180 g/mol. The van der Waals surface area contributed by atoms with E-state index in [-0.39, 0.29) is 5.91 Å². The van der Waals surface area contributed by atoms with Gasteiger partial charge in [0.15, 0.2) is 5.75 Å². The van der Waals surface area contributed by atoms with Gasteiger partial charge in [-0.15, -0.1) is 5.26 Å². The molecule has 0 saturated heterocycles. The molecule has 70 valence electrons. The average Bonchev–Trinajstić information content (AvgIpc) is 2.21. The van der Waals surface area contributed by atoms with E-state index in [2.05, 4.69) is 16.6 Å². The second kappa shape index (κ2) is 4.67. The van der Waals surface area contributed by atoms with E-state index in [0.29, 0.717) is 11.4 Å². The van der Waals surface area contributed by atoms with Crippen LogP contribution in [0.15, 0.2) is 36.9 Å². The molecule has 0 atom stereocenters. The minimum absolute atomic E-state index is 0.310. The molecule has 4 nitrogen and oxygen atoms in total. The highest BCUT2D eigenvalue weighted by Gasteiger charge is 2.04. The second-order valence-electron chi connectivity index (χ2n) is 2.38. The zero-order valence-corrected chi connectivity index (χ0v) is 7.36. The van der Waals surface area contributed by atoms with Crippen LogP contribution in [0.4, 0.5) is 5.69 Å². The fourth-order valence-electron chi connectivity index (χ4n) is 0.892. The second-order valence-corrected chi connectivity index (χ2v) is 2.38. The Morgan fingerprint density at radius 2 is 2.29 bits per heavy atom. The smallest absolute Gasteiger partial charge is 0.292 e. The van der Waals surface area contributed by atoms with Crippen LogP contribution >= 0.6 is 0 Å². The van der Waals surface area contributed by atoms with Gasteiger partial charge in [-0.05, 0) is 18.2 Å². The Balaban J connectivity index is 2.90. The van der Waals surface area contributed by atoms with Gasteiger partial charge in [-0.3, -0.25) is 4.79 Å². The van der Waals surface area contributed by atoms with Gasteiger partial charge in [0.05, 0.1) is 5.69 Å². The van der Waals surface area contributed by atoms with Crippen LogP contribution in [0.1, 0.15) is 0 Å². The van der Waals surface area contributed by atoms with Crippen LogP contribution < -0.4 is 10.1 Å². The molecule has 1 aromatic rings. The molecule has 0 saturated carbocycles. The molecule has 0 radical (unpaired) electrons. The van der Waals surface area contributed by atoms with E-state index in [9.17, 15) is 4.79 Å². The molecular formula is C10H8N2O2. The predicted molar refractivity (Wildman–Crippen MR) is 51.5 cm³/mol. The summed E-state index contributed by atoms with van der Waals surface area (Å²) >= 11 is 0. The summed E-state index contributed by atoms with van der Waals surface area (Å²) < 4.78 is 4.64. The Hall–Kier alpha value is -2.28. The van der Waals surface area contributed by atoms with E-state index in [0.717, 1.165) is 6.08 Å². The first kappa shape index (κ1) is 9.81. The summed E-state index contributed by atoms with van der Waals surface area (Å²) in [4.78, 5) is 11.0. The standard InChI is InChI=1S/C10H8N2O2/c1-2-10(13)12-8-5-3-4-6-9(8)14-7-11/h2-6H,1H2,(H,12,13). The SMILES string of the molecule is C=CC(=O)Nc1ccccc1OC#N. The maximum atomic E-state index is 11.0. The maximum absolute atomic E-state index is 11.0. The highest BCUT2D eigenvalue weighted by Crippen LogP contribution is 2.23. The Morgan fingerprint density at radius 1 is 1.57 bits per heavy atom. The molecule has 0 bridgehead atoms.